The number of rotatable bonds is 3. The quantitative estimate of drug-likeness (QED) is 0.715. The van der Waals surface area contributed by atoms with Gasteiger partial charge in [0.05, 0.1) is 5.56 Å². The van der Waals surface area contributed by atoms with Gasteiger partial charge in [-0.3, -0.25) is 9.78 Å². The predicted octanol–water partition coefficient (Wildman–Crippen LogP) is 6.08. The summed E-state index contributed by atoms with van der Waals surface area (Å²) in [5.41, 5.74) is 2.12. The van der Waals surface area contributed by atoms with E-state index >= 15 is 0 Å². The van der Waals surface area contributed by atoms with Crippen LogP contribution in [0.2, 0.25) is 5.02 Å². The number of halogens is 1. The van der Waals surface area contributed by atoms with Crippen molar-refractivity contribution in [3.05, 3.63) is 58.9 Å². The third-order valence-corrected chi connectivity index (χ3v) is 3.39. The predicted molar refractivity (Wildman–Crippen MR) is 108 cm³/mol. The molecule has 3 nitrogen and oxygen atoms in total. The van der Waals surface area contributed by atoms with E-state index in [0.717, 1.165) is 5.69 Å². The minimum atomic E-state index is -0.181. The molecule has 0 radical (unpaired) electrons. The molecule has 0 aliphatic rings. The fourth-order valence-corrected chi connectivity index (χ4v) is 1.46. The van der Waals surface area contributed by atoms with E-state index in [4.69, 9.17) is 11.6 Å². The van der Waals surface area contributed by atoms with Gasteiger partial charge < -0.3 is 5.32 Å². The van der Waals surface area contributed by atoms with E-state index in [2.05, 4.69) is 37.3 Å². The van der Waals surface area contributed by atoms with Gasteiger partial charge in [0.2, 0.25) is 0 Å². The molecule has 132 valence electrons. The van der Waals surface area contributed by atoms with Crippen LogP contribution in [0.5, 0.6) is 0 Å². The van der Waals surface area contributed by atoms with Crippen LogP contribution in [0.3, 0.4) is 0 Å². The lowest BCUT2D eigenvalue weighted by Gasteiger charge is -2.05. The van der Waals surface area contributed by atoms with Crippen molar-refractivity contribution in [2.24, 2.45) is 0 Å². The van der Waals surface area contributed by atoms with Crippen molar-refractivity contribution in [2.75, 3.05) is 17.3 Å². The second kappa shape index (κ2) is 13.9. The molecule has 2 rings (SSSR count). The third-order valence-electron chi connectivity index (χ3n) is 2.56. The van der Waals surface area contributed by atoms with Gasteiger partial charge in [-0.2, -0.15) is 11.8 Å². The van der Waals surface area contributed by atoms with Gasteiger partial charge in [-0.05, 0) is 55.3 Å². The Balaban J connectivity index is 0.000000648. The highest BCUT2D eigenvalue weighted by Crippen LogP contribution is 2.14. The third kappa shape index (κ3) is 10.3. The van der Waals surface area contributed by atoms with Crippen LogP contribution in [0.4, 0.5) is 5.69 Å². The summed E-state index contributed by atoms with van der Waals surface area (Å²) in [6.45, 7) is 8.27. The van der Waals surface area contributed by atoms with Gasteiger partial charge in [0, 0.05) is 22.6 Å². The number of pyridine rings is 1. The Morgan fingerprint density at radius 3 is 2.08 bits per heavy atom. The first-order valence-electron chi connectivity index (χ1n) is 7.96. The van der Waals surface area contributed by atoms with Crippen LogP contribution in [0.25, 0.3) is 0 Å². The fraction of sp³-hybridized carbons (Fsp3) is 0.368. The zero-order valence-corrected chi connectivity index (χ0v) is 16.7. The summed E-state index contributed by atoms with van der Waals surface area (Å²) in [5.74, 6) is 1.06. The first-order chi connectivity index (χ1) is 11.5. The molecule has 24 heavy (non-hydrogen) atoms. The van der Waals surface area contributed by atoms with Crippen LogP contribution in [0, 0.1) is 6.92 Å². The summed E-state index contributed by atoms with van der Waals surface area (Å²) < 4.78 is 0. The molecule has 0 saturated carbocycles. The van der Waals surface area contributed by atoms with Gasteiger partial charge in [0.1, 0.15) is 0 Å². The van der Waals surface area contributed by atoms with E-state index in [1.807, 2.05) is 18.7 Å². The van der Waals surface area contributed by atoms with Gasteiger partial charge in [-0.1, -0.05) is 38.8 Å². The summed E-state index contributed by atoms with van der Waals surface area (Å²) in [6.07, 6.45) is 4.90. The topological polar surface area (TPSA) is 42.0 Å². The van der Waals surface area contributed by atoms with Crippen LogP contribution in [-0.4, -0.2) is 22.9 Å². The van der Waals surface area contributed by atoms with Crippen LogP contribution in [0.1, 0.15) is 43.2 Å². The Labute approximate surface area is 155 Å². The summed E-state index contributed by atoms with van der Waals surface area (Å²) in [7, 11) is 0. The van der Waals surface area contributed by atoms with E-state index < -0.39 is 0 Å². The largest absolute Gasteiger partial charge is 0.322 e. The number of aromatic nitrogens is 1. The average molecular weight is 367 g/mol. The van der Waals surface area contributed by atoms with Crippen molar-refractivity contribution in [3.8, 4) is 0 Å². The smallest absolute Gasteiger partial charge is 0.257 e. The Bertz CT molecular complexity index is 569. The molecule has 0 spiro atoms. The Hall–Kier alpha value is -1.52. The molecule has 0 fully saturated rings. The number of hydrogen-bond acceptors (Lipinski definition) is 3. The molecular formula is C19H27ClN2OS. The second-order valence-electron chi connectivity index (χ2n) is 4.93. The molecule has 0 atom stereocenters. The van der Waals surface area contributed by atoms with E-state index in [0.29, 0.717) is 16.3 Å². The highest BCUT2D eigenvalue weighted by Gasteiger charge is 2.05. The van der Waals surface area contributed by atoms with E-state index in [9.17, 15) is 4.79 Å². The molecule has 0 aliphatic carbocycles. The molecule has 1 heterocycles. The molecule has 0 saturated heterocycles. The summed E-state index contributed by atoms with van der Waals surface area (Å²) in [5, 5.41) is 3.41. The molecule has 1 amide bonds. The van der Waals surface area contributed by atoms with Crippen LogP contribution in [-0.2, 0) is 0 Å². The number of nitrogens with zero attached hydrogens (tertiary/aromatic N) is 1. The summed E-state index contributed by atoms with van der Waals surface area (Å²) in [4.78, 5) is 15.9. The molecule has 1 N–H and O–H groups in total. The monoisotopic (exact) mass is 366 g/mol. The lowest BCUT2D eigenvalue weighted by Crippen LogP contribution is -2.12. The number of thioether (sulfide) groups is 1. The normalized spacial score (nSPS) is 9.08. The molecule has 1 aromatic heterocycles. The van der Waals surface area contributed by atoms with Gasteiger partial charge in [-0.15, -0.1) is 0 Å². The molecule has 1 aromatic carbocycles. The Kier molecular flexibility index (Phi) is 13.0. The van der Waals surface area contributed by atoms with Crippen molar-refractivity contribution < 1.29 is 4.79 Å². The van der Waals surface area contributed by atoms with E-state index in [1.165, 1.54) is 12.2 Å². The zero-order chi connectivity index (χ0) is 18.4. The van der Waals surface area contributed by atoms with Crippen molar-refractivity contribution in [1.29, 1.82) is 0 Å². The molecular weight excluding hydrogens is 340 g/mol. The van der Waals surface area contributed by atoms with Crippen LogP contribution >= 0.6 is 23.4 Å². The minimum absolute atomic E-state index is 0.181. The number of anilines is 1. The van der Waals surface area contributed by atoms with Crippen molar-refractivity contribution in [2.45, 2.75) is 34.1 Å². The van der Waals surface area contributed by atoms with Crippen molar-refractivity contribution in [3.63, 3.8) is 0 Å². The molecule has 0 aliphatic heterocycles. The van der Waals surface area contributed by atoms with Crippen LogP contribution < -0.4 is 5.32 Å². The SMILES string of the molecule is CCC.CCSC.Cc1ccc(C(=O)Nc2ccc(Cl)cc2)cn1. The molecule has 0 unspecified atom stereocenters. The molecule has 2 aromatic rings. The lowest BCUT2D eigenvalue weighted by atomic mass is 10.2. The number of hydrogen-bond donors (Lipinski definition) is 1. The maximum Gasteiger partial charge on any atom is 0.257 e. The van der Waals surface area contributed by atoms with Crippen LogP contribution in [0.15, 0.2) is 42.6 Å². The number of aryl methyl sites for hydroxylation is 1. The first kappa shape index (κ1) is 22.5. The van der Waals surface area contributed by atoms with Crippen molar-refractivity contribution in [1.82, 2.24) is 4.98 Å². The number of carbonyl (C=O) groups excluding carboxylic acids is 1. The highest BCUT2D eigenvalue weighted by atomic mass is 35.5. The molecule has 5 heteroatoms. The summed E-state index contributed by atoms with van der Waals surface area (Å²) >= 11 is 7.62. The van der Waals surface area contributed by atoms with E-state index in [1.54, 1.807) is 42.6 Å². The standard InChI is InChI=1S/C13H11ClN2O.C3H8S.C3H8/c1-9-2-3-10(8-15-9)13(17)16-12-6-4-11(14)5-7-12;1-3-4-2;1-3-2/h2-8H,1H3,(H,16,17);3H2,1-2H3;3H2,1-2H3. The Morgan fingerprint density at radius 1 is 1.12 bits per heavy atom. The van der Waals surface area contributed by atoms with Gasteiger partial charge in [-0.25, -0.2) is 0 Å². The van der Waals surface area contributed by atoms with Gasteiger partial charge >= 0.3 is 0 Å². The second-order valence-corrected chi connectivity index (χ2v) is 6.52. The lowest BCUT2D eigenvalue weighted by molar-refractivity contribution is 0.102. The average Bonchev–Trinajstić information content (AvgIpc) is 2.58. The zero-order valence-electron chi connectivity index (χ0n) is 15.1. The van der Waals surface area contributed by atoms with Gasteiger partial charge in [0.15, 0.2) is 0 Å². The molecule has 0 bridgehead atoms. The Morgan fingerprint density at radius 2 is 1.67 bits per heavy atom. The fourth-order valence-electron chi connectivity index (χ4n) is 1.34. The summed E-state index contributed by atoms with van der Waals surface area (Å²) in [6, 6.07) is 10.5. The number of nitrogens with one attached hydrogen (secondary N) is 1. The number of carbonyl (C=O) groups is 1. The van der Waals surface area contributed by atoms with Gasteiger partial charge in [0.25, 0.3) is 5.91 Å². The highest BCUT2D eigenvalue weighted by molar-refractivity contribution is 7.98. The minimum Gasteiger partial charge on any atom is -0.322 e. The first-order valence-corrected chi connectivity index (χ1v) is 9.74. The number of benzene rings is 1. The maximum atomic E-state index is 11.8. The van der Waals surface area contributed by atoms with Crippen molar-refractivity contribution >= 4 is 35.0 Å². The maximum absolute atomic E-state index is 11.8. The van der Waals surface area contributed by atoms with E-state index in [-0.39, 0.29) is 5.91 Å². The number of amides is 1.